The van der Waals surface area contributed by atoms with E-state index in [4.69, 9.17) is 4.74 Å². The Morgan fingerprint density at radius 1 is 1.02 bits per heavy atom. The zero-order chi connectivity index (χ0) is 33.5. The number of fused-ring (bicyclic) bond motifs is 1. The number of anilines is 2. The van der Waals surface area contributed by atoms with E-state index in [-0.39, 0.29) is 61.3 Å². The summed E-state index contributed by atoms with van der Waals surface area (Å²) in [6, 6.07) is 7.11. The lowest BCUT2D eigenvalue weighted by molar-refractivity contribution is -0.137. The van der Waals surface area contributed by atoms with Crippen LogP contribution in [0.3, 0.4) is 0 Å². The van der Waals surface area contributed by atoms with Crippen molar-refractivity contribution in [3.63, 3.8) is 0 Å². The third-order valence-electron chi connectivity index (χ3n) is 8.12. The minimum absolute atomic E-state index is 0.0463. The summed E-state index contributed by atoms with van der Waals surface area (Å²) in [6.45, 7) is 4.90. The molecule has 4 aromatic rings. The van der Waals surface area contributed by atoms with E-state index in [0.717, 1.165) is 22.2 Å². The fraction of sp³-hybridized carbons (Fsp3) is 0.355. The first-order valence-electron chi connectivity index (χ1n) is 14.9. The van der Waals surface area contributed by atoms with Crippen LogP contribution in [-0.2, 0) is 22.3 Å². The zero-order valence-electron chi connectivity index (χ0n) is 25.5. The number of carbonyl (C=O) groups excluding carboxylic acids is 2. The Labute approximate surface area is 265 Å². The van der Waals surface area contributed by atoms with Crippen LogP contribution in [0.5, 0.6) is 5.75 Å². The second-order valence-electron chi connectivity index (χ2n) is 11.2. The van der Waals surface area contributed by atoms with Crippen molar-refractivity contribution < 1.29 is 32.6 Å². The molecule has 1 aromatic carbocycles. The fourth-order valence-corrected chi connectivity index (χ4v) is 5.64. The number of amides is 2. The van der Waals surface area contributed by atoms with Crippen LogP contribution in [0.1, 0.15) is 39.7 Å². The molecule has 1 saturated heterocycles. The third kappa shape index (κ3) is 6.40. The second-order valence-corrected chi connectivity index (χ2v) is 11.2. The molecule has 0 unspecified atom stereocenters. The molecule has 16 heteroatoms. The van der Waals surface area contributed by atoms with Crippen molar-refractivity contribution in [2.75, 3.05) is 49.6 Å². The SMILES string of the molecule is Cc1ccc(O)c(C(=O)N2CCN(c3c(C)n(CC(=O)Nc4ccc(C(F)(F)F)cc4)c4nc(C5=CCOCC5)nn4c3=O)CC2)n1. The van der Waals surface area contributed by atoms with Gasteiger partial charge in [0.15, 0.2) is 11.5 Å². The summed E-state index contributed by atoms with van der Waals surface area (Å²) in [7, 11) is 0. The number of hydrogen-bond acceptors (Lipinski definition) is 9. The minimum atomic E-state index is -4.51. The van der Waals surface area contributed by atoms with E-state index in [9.17, 15) is 32.7 Å². The fourth-order valence-electron chi connectivity index (χ4n) is 5.64. The van der Waals surface area contributed by atoms with Gasteiger partial charge in [-0.05, 0) is 62.2 Å². The van der Waals surface area contributed by atoms with E-state index in [1.807, 2.05) is 11.0 Å². The van der Waals surface area contributed by atoms with E-state index in [1.54, 1.807) is 29.4 Å². The number of hydrogen-bond donors (Lipinski definition) is 2. The van der Waals surface area contributed by atoms with Crippen molar-refractivity contribution in [1.82, 2.24) is 29.0 Å². The number of halogens is 3. The van der Waals surface area contributed by atoms with Gasteiger partial charge in [-0.25, -0.2) is 4.98 Å². The van der Waals surface area contributed by atoms with E-state index in [0.29, 0.717) is 36.8 Å². The predicted octanol–water partition coefficient (Wildman–Crippen LogP) is 3.03. The summed E-state index contributed by atoms with van der Waals surface area (Å²) < 4.78 is 47.1. The number of alkyl halides is 3. The summed E-state index contributed by atoms with van der Waals surface area (Å²) in [5, 5.41) is 17.3. The maximum absolute atomic E-state index is 14.0. The lowest BCUT2D eigenvalue weighted by Crippen LogP contribution is -2.51. The predicted molar refractivity (Wildman–Crippen MR) is 164 cm³/mol. The number of ether oxygens (including phenoxy) is 1. The van der Waals surface area contributed by atoms with Crippen LogP contribution in [0.25, 0.3) is 11.4 Å². The van der Waals surface area contributed by atoms with Crippen molar-refractivity contribution in [2.24, 2.45) is 0 Å². The molecule has 2 N–H and O–H groups in total. The Balaban J connectivity index is 1.31. The summed E-state index contributed by atoms with van der Waals surface area (Å²) in [4.78, 5) is 52.5. The van der Waals surface area contributed by atoms with Crippen LogP contribution < -0.4 is 15.8 Å². The largest absolute Gasteiger partial charge is 0.505 e. The van der Waals surface area contributed by atoms with Gasteiger partial charge in [-0.1, -0.05) is 6.08 Å². The molecule has 0 saturated carbocycles. The topological polar surface area (TPSA) is 147 Å². The Hall–Kier alpha value is -5.25. The Kier molecular flexibility index (Phi) is 8.44. The van der Waals surface area contributed by atoms with Crippen LogP contribution in [0.2, 0.25) is 0 Å². The Morgan fingerprint density at radius 2 is 1.74 bits per heavy atom. The van der Waals surface area contributed by atoms with E-state index < -0.39 is 29.1 Å². The van der Waals surface area contributed by atoms with Gasteiger partial charge in [-0.3, -0.25) is 14.4 Å². The maximum atomic E-state index is 14.0. The molecule has 0 atom stereocenters. The summed E-state index contributed by atoms with van der Waals surface area (Å²) in [6.07, 6.45) is -2.15. The Bertz CT molecular complexity index is 1940. The van der Waals surface area contributed by atoms with Crippen molar-refractivity contribution in [1.29, 1.82) is 0 Å². The van der Waals surface area contributed by atoms with Crippen molar-refractivity contribution in [3.05, 3.63) is 81.3 Å². The number of nitrogens with zero attached hydrogens (tertiary/aromatic N) is 7. The van der Waals surface area contributed by atoms with Gasteiger partial charge in [0.1, 0.15) is 18.0 Å². The highest BCUT2D eigenvalue weighted by Gasteiger charge is 2.31. The summed E-state index contributed by atoms with van der Waals surface area (Å²) >= 11 is 0. The molecular formula is C31H31F3N8O5. The highest BCUT2D eigenvalue weighted by Crippen LogP contribution is 2.30. The monoisotopic (exact) mass is 652 g/mol. The van der Waals surface area contributed by atoms with E-state index in [2.05, 4.69) is 20.4 Å². The molecule has 246 valence electrons. The molecule has 2 aliphatic heterocycles. The average molecular weight is 653 g/mol. The first kappa shape index (κ1) is 31.7. The van der Waals surface area contributed by atoms with Gasteiger partial charge < -0.3 is 29.5 Å². The smallest absolute Gasteiger partial charge is 0.416 e. The molecular weight excluding hydrogens is 621 g/mol. The molecule has 6 rings (SSSR count). The van der Waals surface area contributed by atoms with Crippen LogP contribution in [0.4, 0.5) is 24.5 Å². The van der Waals surface area contributed by atoms with Crippen molar-refractivity contribution in [3.8, 4) is 5.75 Å². The highest BCUT2D eigenvalue weighted by molar-refractivity contribution is 5.95. The number of carbonyl (C=O) groups is 2. The van der Waals surface area contributed by atoms with Gasteiger partial charge in [0.05, 0.1) is 18.8 Å². The molecule has 1 fully saturated rings. The molecule has 2 amide bonds. The molecule has 0 spiro atoms. The zero-order valence-corrected chi connectivity index (χ0v) is 25.5. The summed E-state index contributed by atoms with van der Waals surface area (Å²) in [5.41, 5.74) is 0.882. The molecule has 2 aliphatic rings. The lowest BCUT2D eigenvalue weighted by atomic mass is 10.1. The van der Waals surface area contributed by atoms with Gasteiger partial charge in [0.2, 0.25) is 11.7 Å². The van der Waals surface area contributed by atoms with Gasteiger partial charge in [0, 0.05) is 43.3 Å². The standard InChI is InChI=1S/C31H31F3N8O5/c1-18-3-8-23(43)25(35-18)28(45)40-13-11-39(12-14-40)26-19(2)41(17-24(44)36-22-6-4-21(5-7-22)31(32,33)34)30-37-27(38-42(30)29(26)46)20-9-15-47-16-10-20/h3-9,43H,10-17H2,1-2H3,(H,36,44). The van der Waals surface area contributed by atoms with E-state index in [1.165, 1.54) is 18.2 Å². The normalized spacial score (nSPS) is 15.6. The maximum Gasteiger partial charge on any atom is 0.416 e. The Morgan fingerprint density at radius 3 is 2.40 bits per heavy atom. The van der Waals surface area contributed by atoms with Crippen LogP contribution in [0.15, 0.2) is 47.3 Å². The van der Waals surface area contributed by atoms with Crippen molar-refractivity contribution >= 4 is 34.5 Å². The molecule has 0 bridgehead atoms. The molecule has 5 heterocycles. The molecule has 13 nitrogen and oxygen atoms in total. The number of piperazine rings is 1. The van der Waals surface area contributed by atoms with Gasteiger partial charge >= 0.3 is 6.18 Å². The number of benzene rings is 1. The van der Waals surface area contributed by atoms with E-state index >= 15 is 0 Å². The minimum Gasteiger partial charge on any atom is -0.505 e. The van der Waals surface area contributed by atoms with Crippen LogP contribution in [-0.4, -0.2) is 85.4 Å². The number of aromatic nitrogens is 5. The first-order chi connectivity index (χ1) is 22.4. The average Bonchev–Trinajstić information content (AvgIpc) is 3.51. The number of aromatic hydroxyl groups is 1. The molecule has 3 aromatic heterocycles. The number of aryl methyl sites for hydroxylation is 1. The second kappa shape index (κ2) is 12.5. The third-order valence-corrected chi connectivity index (χ3v) is 8.12. The van der Waals surface area contributed by atoms with Crippen LogP contribution >= 0.6 is 0 Å². The first-order valence-corrected chi connectivity index (χ1v) is 14.9. The van der Waals surface area contributed by atoms with Gasteiger partial charge in [-0.15, -0.1) is 5.10 Å². The van der Waals surface area contributed by atoms with Crippen molar-refractivity contribution in [2.45, 2.75) is 33.0 Å². The molecule has 0 radical (unpaired) electrons. The number of rotatable bonds is 6. The quantitative estimate of drug-likeness (QED) is 0.321. The van der Waals surface area contributed by atoms with Crippen LogP contribution in [0, 0.1) is 13.8 Å². The highest BCUT2D eigenvalue weighted by atomic mass is 19.4. The molecule has 47 heavy (non-hydrogen) atoms. The number of nitrogens with one attached hydrogen (secondary N) is 1. The summed E-state index contributed by atoms with van der Waals surface area (Å²) in [5.74, 6) is -0.764. The lowest BCUT2D eigenvalue weighted by Gasteiger charge is -2.36. The number of pyridine rings is 1. The molecule has 0 aliphatic carbocycles. The van der Waals surface area contributed by atoms with Gasteiger partial charge in [0.25, 0.3) is 11.5 Å². The van der Waals surface area contributed by atoms with Gasteiger partial charge in [-0.2, -0.15) is 22.7 Å².